The van der Waals surface area contributed by atoms with Gasteiger partial charge in [0.15, 0.2) is 8.38 Å². The Morgan fingerprint density at radius 3 is 2.36 bits per heavy atom. The van der Waals surface area contributed by atoms with Crippen molar-refractivity contribution in [2.24, 2.45) is 0 Å². The lowest BCUT2D eigenvalue weighted by molar-refractivity contribution is 0.269. The third kappa shape index (κ3) is 8.77. The van der Waals surface area contributed by atoms with E-state index in [4.69, 9.17) is 14.3 Å². The molecule has 5 heteroatoms. The molecule has 0 heterocycles. The van der Waals surface area contributed by atoms with Crippen molar-refractivity contribution in [3.63, 3.8) is 0 Å². The molecule has 3 nitrogen and oxygen atoms in total. The van der Waals surface area contributed by atoms with E-state index in [1.54, 1.807) is 0 Å². The first-order valence-electron chi connectivity index (χ1n) is 4.89. The molecule has 0 saturated heterocycles. The molecule has 0 radical (unpaired) electrons. The topological polar surface area (TPSA) is 42.2 Å². The minimum absolute atomic E-state index is 0.674. The van der Waals surface area contributed by atoms with Crippen LogP contribution in [-0.4, -0.2) is 25.1 Å². The quantitative estimate of drug-likeness (QED) is 0.349. The van der Waals surface area contributed by atoms with Crippen LogP contribution < -0.4 is 0 Å². The molecule has 0 rings (SSSR count). The zero-order valence-corrected chi connectivity index (χ0v) is 10.6. The van der Waals surface area contributed by atoms with Gasteiger partial charge in [0.1, 0.15) is 5.40 Å². The predicted octanol–water partition coefficient (Wildman–Crippen LogP) is 3.37. The molecule has 82 valence electrons. The smallest absolute Gasteiger partial charge is 0.170 e. The summed E-state index contributed by atoms with van der Waals surface area (Å²) in [6.07, 6.45) is 3.14. The van der Waals surface area contributed by atoms with Crippen LogP contribution in [-0.2, 0) is 9.05 Å². The lowest BCUT2D eigenvalue weighted by Gasteiger charge is -2.14. The summed E-state index contributed by atoms with van der Waals surface area (Å²) >= 11 is 1.32. The molecular formula is C9H18NO2PS. The SMILES string of the molecule is CCOP(CCCCSC#N)OCC. The normalized spacial score (nSPS) is 10.4. The summed E-state index contributed by atoms with van der Waals surface area (Å²) in [5.74, 6) is 0.915. The van der Waals surface area contributed by atoms with Crippen LogP contribution >= 0.6 is 20.1 Å². The molecule has 0 atom stereocenters. The third-order valence-corrected chi connectivity index (χ3v) is 3.84. The van der Waals surface area contributed by atoms with E-state index in [9.17, 15) is 0 Å². The van der Waals surface area contributed by atoms with E-state index < -0.39 is 8.38 Å². The van der Waals surface area contributed by atoms with Gasteiger partial charge in [-0.25, -0.2) is 0 Å². The van der Waals surface area contributed by atoms with Crippen molar-refractivity contribution in [2.45, 2.75) is 26.7 Å². The summed E-state index contributed by atoms with van der Waals surface area (Å²) in [4.78, 5) is 0. The van der Waals surface area contributed by atoms with E-state index in [2.05, 4.69) is 5.40 Å². The van der Waals surface area contributed by atoms with Crippen molar-refractivity contribution in [3.05, 3.63) is 0 Å². The van der Waals surface area contributed by atoms with Crippen LogP contribution in [0, 0.1) is 10.7 Å². The van der Waals surface area contributed by atoms with Crippen LogP contribution in [0.1, 0.15) is 26.7 Å². The number of thiocyanates is 1. The van der Waals surface area contributed by atoms with Crippen molar-refractivity contribution in [3.8, 4) is 5.40 Å². The summed E-state index contributed by atoms with van der Waals surface area (Å²) in [7, 11) is -0.674. The van der Waals surface area contributed by atoms with Gasteiger partial charge in [-0.2, -0.15) is 5.26 Å². The molecule has 0 aliphatic heterocycles. The van der Waals surface area contributed by atoms with Gasteiger partial charge < -0.3 is 9.05 Å². The van der Waals surface area contributed by atoms with Gasteiger partial charge in [-0.1, -0.05) is 0 Å². The number of rotatable bonds is 9. The third-order valence-electron chi connectivity index (χ3n) is 1.45. The molecule has 0 unspecified atom stereocenters. The Kier molecular flexibility index (Phi) is 11.4. The van der Waals surface area contributed by atoms with Crippen LogP contribution in [0.25, 0.3) is 0 Å². The number of nitrogens with zero attached hydrogens (tertiary/aromatic N) is 1. The molecule has 0 aromatic rings. The Morgan fingerprint density at radius 1 is 1.21 bits per heavy atom. The Labute approximate surface area is 92.1 Å². The van der Waals surface area contributed by atoms with E-state index in [-0.39, 0.29) is 0 Å². The number of hydrogen-bond donors (Lipinski definition) is 0. The molecular weight excluding hydrogens is 217 g/mol. The second kappa shape index (κ2) is 11.3. The van der Waals surface area contributed by atoms with E-state index in [0.717, 1.165) is 38.0 Å². The van der Waals surface area contributed by atoms with Crippen LogP contribution in [0.4, 0.5) is 0 Å². The average molecular weight is 235 g/mol. The molecule has 14 heavy (non-hydrogen) atoms. The van der Waals surface area contributed by atoms with Gasteiger partial charge in [-0.3, -0.25) is 0 Å². The van der Waals surface area contributed by atoms with Crippen LogP contribution in [0.3, 0.4) is 0 Å². The van der Waals surface area contributed by atoms with Gasteiger partial charge in [-0.15, -0.1) is 0 Å². The summed E-state index contributed by atoms with van der Waals surface area (Å²) in [5, 5.41) is 10.4. The molecule has 0 aromatic heterocycles. The number of nitriles is 1. The highest BCUT2D eigenvalue weighted by atomic mass is 32.2. The zero-order valence-electron chi connectivity index (χ0n) is 8.86. The summed E-state index contributed by atoms with van der Waals surface area (Å²) in [6.45, 7) is 5.41. The second-order valence-corrected chi connectivity index (χ2v) is 5.05. The van der Waals surface area contributed by atoms with Gasteiger partial charge in [0.05, 0.1) is 13.2 Å². The first kappa shape index (κ1) is 14.2. The Bertz CT molecular complexity index is 157. The molecule has 0 bridgehead atoms. The first-order valence-corrected chi connectivity index (χ1v) is 7.24. The average Bonchev–Trinajstić information content (AvgIpc) is 2.18. The van der Waals surface area contributed by atoms with E-state index >= 15 is 0 Å². The number of thioether (sulfide) groups is 1. The Hall–Kier alpha value is 0.190. The molecule has 0 N–H and O–H groups in total. The lowest BCUT2D eigenvalue weighted by atomic mass is 10.4. The number of unbranched alkanes of at least 4 members (excludes halogenated alkanes) is 1. The van der Waals surface area contributed by atoms with Crippen LogP contribution in [0.2, 0.25) is 0 Å². The fourth-order valence-electron chi connectivity index (χ4n) is 0.915. The van der Waals surface area contributed by atoms with Crippen LogP contribution in [0.5, 0.6) is 0 Å². The molecule has 0 aromatic carbocycles. The largest absolute Gasteiger partial charge is 0.334 e. The maximum atomic E-state index is 8.31. The first-order chi connectivity index (χ1) is 6.85. The molecule has 0 saturated carbocycles. The van der Waals surface area contributed by atoms with Crippen molar-refractivity contribution >= 4 is 20.1 Å². The number of hydrogen-bond acceptors (Lipinski definition) is 4. The molecule has 0 amide bonds. The molecule has 0 fully saturated rings. The van der Waals surface area contributed by atoms with Gasteiger partial charge in [-0.05, 0) is 38.5 Å². The summed E-state index contributed by atoms with van der Waals surface area (Å²) in [5.41, 5.74) is 0. The van der Waals surface area contributed by atoms with E-state index in [1.807, 2.05) is 13.8 Å². The maximum Gasteiger partial charge on any atom is 0.170 e. The van der Waals surface area contributed by atoms with E-state index in [0.29, 0.717) is 0 Å². The summed E-state index contributed by atoms with van der Waals surface area (Å²) < 4.78 is 10.9. The van der Waals surface area contributed by atoms with Crippen molar-refractivity contribution in [1.29, 1.82) is 5.26 Å². The van der Waals surface area contributed by atoms with Crippen LogP contribution in [0.15, 0.2) is 0 Å². The highest BCUT2D eigenvalue weighted by molar-refractivity contribution is 8.03. The molecule has 0 spiro atoms. The van der Waals surface area contributed by atoms with Gasteiger partial charge in [0.25, 0.3) is 0 Å². The fourth-order valence-corrected chi connectivity index (χ4v) is 2.75. The van der Waals surface area contributed by atoms with Gasteiger partial charge in [0, 0.05) is 11.9 Å². The monoisotopic (exact) mass is 235 g/mol. The van der Waals surface area contributed by atoms with Gasteiger partial charge >= 0.3 is 0 Å². The Morgan fingerprint density at radius 2 is 1.86 bits per heavy atom. The lowest BCUT2D eigenvalue weighted by Crippen LogP contribution is -1.95. The zero-order chi connectivity index (χ0) is 10.6. The van der Waals surface area contributed by atoms with Crippen molar-refractivity contribution < 1.29 is 9.05 Å². The standard InChI is InChI=1S/C9H18NO2PS/c1-3-11-13(12-4-2)7-5-6-8-14-9-10/h3-8H2,1-2H3. The highest BCUT2D eigenvalue weighted by Crippen LogP contribution is 2.38. The van der Waals surface area contributed by atoms with Gasteiger partial charge in [0.2, 0.25) is 0 Å². The van der Waals surface area contributed by atoms with Crippen molar-refractivity contribution in [1.82, 2.24) is 0 Å². The molecule has 0 aliphatic rings. The summed E-state index contributed by atoms with van der Waals surface area (Å²) in [6, 6.07) is 0. The maximum absolute atomic E-state index is 8.31. The van der Waals surface area contributed by atoms with Crippen molar-refractivity contribution in [2.75, 3.05) is 25.1 Å². The minimum Gasteiger partial charge on any atom is -0.334 e. The molecule has 0 aliphatic carbocycles. The fraction of sp³-hybridized carbons (Fsp3) is 0.889. The Balaban J connectivity index is 3.36. The van der Waals surface area contributed by atoms with E-state index in [1.165, 1.54) is 11.8 Å². The second-order valence-electron chi connectivity index (χ2n) is 2.54. The highest BCUT2D eigenvalue weighted by Gasteiger charge is 2.07. The predicted molar refractivity (Wildman–Crippen MR) is 62.3 cm³/mol. The minimum atomic E-state index is -0.674.